The van der Waals surface area contributed by atoms with E-state index in [-0.39, 0.29) is 18.2 Å². The lowest BCUT2D eigenvalue weighted by Crippen LogP contribution is -2.28. The average Bonchev–Trinajstić information content (AvgIpc) is 3.32. The number of halogens is 2. The molecule has 0 radical (unpaired) electrons. The highest BCUT2D eigenvalue weighted by Gasteiger charge is 2.34. The Labute approximate surface area is 170 Å². The molecule has 5 nitrogen and oxygen atoms in total. The number of carbonyl (C=O) groups is 2. The second kappa shape index (κ2) is 8.08. The van der Waals surface area contributed by atoms with E-state index in [0.717, 1.165) is 17.7 Å². The lowest BCUT2D eigenvalue weighted by Gasteiger charge is -2.16. The van der Waals surface area contributed by atoms with E-state index in [2.05, 4.69) is 10.3 Å². The molecule has 4 rings (SSSR count). The van der Waals surface area contributed by atoms with Gasteiger partial charge in [-0.05, 0) is 23.8 Å². The Bertz CT molecular complexity index is 1060. The van der Waals surface area contributed by atoms with Gasteiger partial charge in [0, 0.05) is 30.5 Å². The van der Waals surface area contributed by atoms with Crippen molar-refractivity contribution >= 4 is 28.3 Å². The third-order valence-electron chi connectivity index (χ3n) is 4.75. The number of hydrogen-bond donors (Lipinski definition) is 1. The fraction of sp³-hybridized carbons (Fsp3) is 0.190. The van der Waals surface area contributed by atoms with Gasteiger partial charge in [0.1, 0.15) is 0 Å². The van der Waals surface area contributed by atoms with E-state index in [1.54, 1.807) is 10.3 Å². The largest absolute Gasteiger partial charge is 0.338 e. The number of amides is 2. The number of thiazole rings is 1. The number of hydrogen-bond acceptors (Lipinski definition) is 4. The molecule has 1 fully saturated rings. The highest BCUT2D eigenvalue weighted by atomic mass is 32.1. The van der Waals surface area contributed by atoms with E-state index in [4.69, 9.17) is 0 Å². The number of carbonyl (C=O) groups excluding carboxylic acids is 2. The lowest BCUT2D eigenvalue weighted by molar-refractivity contribution is -0.128. The van der Waals surface area contributed by atoms with Gasteiger partial charge < -0.3 is 10.2 Å². The van der Waals surface area contributed by atoms with Crippen LogP contribution in [0.2, 0.25) is 0 Å². The summed E-state index contributed by atoms with van der Waals surface area (Å²) in [6.07, 6.45) is 0.153. The second-order valence-corrected chi connectivity index (χ2v) is 7.68. The molecule has 148 valence electrons. The van der Waals surface area contributed by atoms with Crippen molar-refractivity contribution in [3.05, 3.63) is 71.1 Å². The van der Waals surface area contributed by atoms with Crippen molar-refractivity contribution in [3.8, 4) is 11.3 Å². The van der Waals surface area contributed by atoms with E-state index in [1.807, 2.05) is 30.3 Å². The molecule has 0 spiro atoms. The van der Waals surface area contributed by atoms with Gasteiger partial charge in [0.25, 0.3) is 0 Å². The smallest absolute Gasteiger partial charge is 0.231 e. The molecule has 0 aliphatic carbocycles. The summed E-state index contributed by atoms with van der Waals surface area (Å²) in [6, 6.07) is 13.1. The molecule has 1 aliphatic heterocycles. The van der Waals surface area contributed by atoms with Gasteiger partial charge >= 0.3 is 0 Å². The maximum Gasteiger partial charge on any atom is 0.231 e. The van der Waals surface area contributed by atoms with Gasteiger partial charge in [-0.3, -0.25) is 9.59 Å². The summed E-state index contributed by atoms with van der Waals surface area (Å²) in [7, 11) is 0. The van der Waals surface area contributed by atoms with Crippen molar-refractivity contribution < 1.29 is 18.4 Å². The quantitative estimate of drug-likeness (QED) is 0.686. The first-order valence-corrected chi connectivity index (χ1v) is 9.91. The molecule has 1 saturated heterocycles. The number of likely N-dealkylation sites (tertiary alicyclic amines) is 1. The van der Waals surface area contributed by atoms with Crippen LogP contribution in [0.1, 0.15) is 12.0 Å². The summed E-state index contributed by atoms with van der Waals surface area (Å²) in [4.78, 5) is 30.8. The molecule has 1 atom stereocenters. The molecule has 0 bridgehead atoms. The summed E-state index contributed by atoms with van der Waals surface area (Å²) >= 11 is 1.19. The van der Waals surface area contributed by atoms with E-state index in [0.29, 0.717) is 29.5 Å². The van der Waals surface area contributed by atoms with Crippen molar-refractivity contribution in [2.45, 2.75) is 13.0 Å². The van der Waals surface area contributed by atoms with E-state index in [9.17, 15) is 18.4 Å². The minimum Gasteiger partial charge on any atom is -0.338 e. The Morgan fingerprint density at radius 3 is 2.72 bits per heavy atom. The Morgan fingerprint density at radius 1 is 1.17 bits per heavy atom. The van der Waals surface area contributed by atoms with Crippen LogP contribution in [0.15, 0.2) is 53.9 Å². The van der Waals surface area contributed by atoms with Crippen LogP contribution in [0.3, 0.4) is 0 Å². The number of anilines is 1. The van der Waals surface area contributed by atoms with Gasteiger partial charge in [-0.1, -0.05) is 30.3 Å². The fourth-order valence-electron chi connectivity index (χ4n) is 3.23. The Balaban J connectivity index is 1.39. The van der Waals surface area contributed by atoms with Crippen molar-refractivity contribution in [1.29, 1.82) is 0 Å². The molecular formula is C21H17F2N3O2S. The highest BCUT2D eigenvalue weighted by molar-refractivity contribution is 7.14. The van der Waals surface area contributed by atoms with Crippen LogP contribution in [-0.2, 0) is 16.1 Å². The van der Waals surface area contributed by atoms with Gasteiger partial charge in [0.15, 0.2) is 16.8 Å². The van der Waals surface area contributed by atoms with Crippen molar-refractivity contribution in [3.63, 3.8) is 0 Å². The zero-order valence-corrected chi connectivity index (χ0v) is 16.1. The van der Waals surface area contributed by atoms with Crippen LogP contribution in [0.25, 0.3) is 11.3 Å². The van der Waals surface area contributed by atoms with E-state index in [1.165, 1.54) is 17.4 Å². The van der Waals surface area contributed by atoms with Gasteiger partial charge in [-0.25, -0.2) is 13.8 Å². The molecule has 29 heavy (non-hydrogen) atoms. The van der Waals surface area contributed by atoms with Crippen molar-refractivity contribution in [1.82, 2.24) is 9.88 Å². The maximum atomic E-state index is 13.4. The molecule has 0 unspecified atom stereocenters. The topological polar surface area (TPSA) is 62.3 Å². The second-order valence-electron chi connectivity index (χ2n) is 6.82. The summed E-state index contributed by atoms with van der Waals surface area (Å²) in [5.74, 6) is -2.68. The standard InChI is InChI=1S/C21H17F2N3O2S/c22-16-7-6-14(8-17(16)23)18-12-29-21(24-18)25-20(28)15-9-19(27)26(11-15)10-13-4-2-1-3-5-13/h1-8,12,15H,9-11H2,(H,24,25,28)/t15-/m1/s1. The summed E-state index contributed by atoms with van der Waals surface area (Å²) in [5.41, 5.74) is 1.88. The van der Waals surface area contributed by atoms with Crippen LogP contribution < -0.4 is 5.32 Å². The van der Waals surface area contributed by atoms with E-state index >= 15 is 0 Å². The monoisotopic (exact) mass is 413 g/mol. The van der Waals surface area contributed by atoms with Crippen molar-refractivity contribution in [2.75, 3.05) is 11.9 Å². The Hall–Kier alpha value is -3.13. The Morgan fingerprint density at radius 2 is 1.97 bits per heavy atom. The zero-order valence-electron chi connectivity index (χ0n) is 15.3. The minimum absolute atomic E-state index is 0.0596. The van der Waals surface area contributed by atoms with Crippen LogP contribution in [-0.4, -0.2) is 28.2 Å². The molecule has 3 aromatic rings. The molecule has 0 saturated carbocycles. The molecule has 1 aliphatic rings. The third kappa shape index (κ3) is 4.32. The number of aromatic nitrogens is 1. The molecule has 2 aromatic carbocycles. The van der Waals surface area contributed by atoms with Crippen LogP contribution >= 0.6 is 11.3 Å². The average molecular weight is 413 g/mol. The summed E-state index contributed by atoms with van der Waals surface area (Å²) in [6.45, 7) is 0.821. The minimum atomic E-state index is -0.955. The summed E-state index contributed by atoms with van der Waals surface area (Å²) in [5, 5.41) is 4.73. The fourth-order valence-corrected chi connectivity index (χ4v) is 3.95. The van der Waals surface area contributed by atoms with Gasteiger partial charge in [-0.2, -0.15) is 0 Å². The molecule has 8 heteroatoms. The first kappa shape index (κ1) is 19.2. The van der Waals surface area contributed by atoms with Gasteiger partial charge in [0.05, 0.1) is 11.6 Å². The first-order valence-electron chi connectivity index (χ1n) is 9.03. The molecule has 2 amide bonds. The predicted octanol–water partition coefficient (Wildman–Crippen LogP) is 4.08. The van der Waals surface area contributed by atoms with Crippen molar-refractivity contribution in [2.24, 2.45) is 5.92 Å². The van der Waals surface area contributed by atoms with E-state index < -0.39 is 17.6 Å². The van der Waals surface area contributed by atoms with Gasteiger partial charge in [-0.15, -0.1) is 11.3 Å². The number of rotatable bonds is 5. The predicted molar refractivity (Wildman–Crippen MR) is 106 cm³/mol. The van der Waals surface area contributed by atoms with Crippen LogP contribution in [0.4, 0.5) is 13.9 Å². The summed E-state index contributed by atoms with van der Waals surface area (Å²) < 4.78 is 26.5. The SMILES string of the molecule is O=C(Nc1nc(-c2ccc(F)c(F)c2)cs1)[C@@H]1CC(=O)N(Cc2ccccc2)C1. The number of nitrogens with one attached hydrogen (secondary N) is 1. The number of benzene rings is 2. The normalized spacial score (nSPS) is 16.3. The first-order chi connectivity index (χ1) is 14.0. The number of nitrogens with zero attached hydrogens (tertiary/aromatic N) is 2. The van der Waals surface area contributed by atoms with Gasteiger partial charge in [0.2, 0.25) is 11.8 Å². The Kier molecular flexibility index (Phi) is 5.35. The third-order valence-corrected chi connectivity index (χ3v) is 5.51. The highest BCUT2D eigenvalue weighted by Crippen LogP contribution is 2.27. The molecule has 1 aromatic heterocycles. The zero-order chi connectivity index (χ0) is 20.4. The maximum absolute atomic E-state index is 13.4. The molecule has 1 N–H and O–H groups in total. The van der Waals surface area contributed by atoms with Crippen LogP contribution in [0.5, 0.6) is 0 Å². The molecule has 2 heterocycles. The van der Waals surface area contributed by atoms with Crippen LogP contribution in [0, 0.1) is 17.6 Å². The lowest BCUT2D eigenvalue weighted by atomic mass is 10.1. The molecular weight excluding hydrogens is 396 g/mol.